The molecule has 4 nitrogen and oxygen atoms in total. The van der Waals surface area contributed by atoms with Gasteiger partial charge in [-0.25, -0.2) is 19.7 Å². The van der Waals surface area contributed by atoms with Crippen LogP contribution in [0.1, 0.15) is 5.56 Å². The Morgan fingerprint density at radius 3 is 2.82 bits per heavy atom. The molecule has 0 aliphatic carbocycles. The molecule has 0 fully saturated rings. The summed E-state index contributed by atoms with van der Waals surface area (Å²) in [5.74, 6) is -0.425. The Morgan fingerprint density at radius 2 is 2.05 bits per heavy atom. The van der Waals surface area contributed by atoms with E-state index in [0.717, 1.165) is 11.0 Å². The molecule has 0 saturated carbocycles. The van der Waals surface area contributed by atoms with Crippen molar-refractivity contribution in [3.8, 4) is 0 Å². The molecule has 3 aromatic rings. The Labute approximate surface area is 130 Å². The number of nitrogens with one attached hydrogen (secondary N) is 3. The van der Waals surface area contributed by atoms with Gasteiger partial charge in [0.2, 0.25) is 0 Å². The molecule has 1 amide bonds. The van der Waals surface area contributed by atoms with Gasteiger partial charge < -0.3 is 0 Å². The van der Waals surface area contributed by atoms with Crippen molar-refractivity contribution in [1.82, 2.24) is 4.98 Å². The highest BCUT2D eigenvalue weighted by molar-refractivity contribution is 6.32. The molecule has 0 aliphatic rings. The van der Waals surface area contributed by atoms with E-state index in [9.17, 15) is 9.18 Å². The second kappa shape index (κ2) is 5.99. The number of amides is 1. The molecule has 110 valence electrons. The molecular weight excluding hydrogens is 305 g/mol. The van der Waals surface area contributed by atoms with Gasteiger partial charge in [0.1, 0.15) is 16.9 Å². The van der Waals surface area contributed by atoms with Gasteiger partial charge in [-0.05, 0) is 30.3 Å². The monoisotopic (exact) mass is 316 g/mol. The highest BCUT2D eigenvalue weighted by Crippen LogP contribution is 2.20. The smallest absolute Gasteiger partial charge is 0.251 e. The van der Waals surface area contributed by atoms with Crippen LogP contribution >= 0.6 is 11.6 Å². The third-order valence-corrected chi connectivity index (χ3v) is 3.43. The molecule has 1 aromatic heterocycles. The van der Waals surface area contributed by atoms with Crippen molar-refractivity contribution in [1.29, 1.82) is 0 Å². The minimum absolute atomic E-state index is 0.181. The van der Waals surface area contributed by atoms with E-state index in [2.05, 4.69) is 15.3 Å². The third-order valence-electron chi connectivity index (χ3n) is 3.10. The summed E-state index contributed by atoms with van der Waals surface area (Å²) in [4.78, 5) is 17.9. The topological polar surface area (TPSA) is 59.0 Å². The zero-order valence-corrected chi connectivity index (χ0v) is 12.1. The van der Waals surface area contributed by atoms with Crippen LogP contribution in [-0.4, -0.2) is 10.9 Å². The number of aromatic nitrogens is 2. The number of anilines is 1. The minimum atomic E-state index is -0.478. The Hall–Kier alpha value is -2.66. The molecule has 0 spiro atoms. The second-order valence-electron chi connectivity index (χ2n) is 4.63. The fourth-order valence-corrected chi connectivity index (χ4v) is 2.28. The van der Waals surface area contributed by atoms with Crippen LogP contribution in [0.2, 0.25) is 5.02 Å². The number of benzene rings is 2. The Balaban J connectivity index is 1.76. The highest BCUT2D eigenvalue weighted by atomic mass is 35.5. The molecule has 3 rings (SSSR count). The van der Waals surface area contributed by atoms with Crippen molar-refractivity contribution >= 4 is 40.6 Å². The van der Waals surface area contributed by atoms with Gasteiger partial charge in [-0.3, -0.25) is 4.79 Å². The van der Waals surface area contributed by atoms with Crippen molar-refractivity contribution in [2.45, 2.75) is 0 Å². The van der Waals surface area contributed by atoms with E-state index in [0.29, 0.717) is 5.95 Å². The van der Waals surface area contributed by atoms with Crippen molar-refractivity contribution < 1.29 is 14.2 Å². The number of carbonyl (C=O) groups excluding carboxylic acids is 1. The van der Waals surface area contributed by atoms with Gasteiger partial charge in [0.15, 0.2) is 0 Å². The van der Waals surface area contributed by atoms with E-state index < -0.39 is 11.7 Å². The molecule has 0 bridgehead atoms. The summed E-state index contributed by atoms with van der Waals surface area (Å²) in [6, 6.07) is 11.9. The fraction of sp³-hybridized carbons (Fsp3) is 0. The zero-order chi connectivity index (χ0) is 15.5. The lowest BCUT2D eigenvalue weighted by atomic mass is 10.2. The van der Waals surface area contributed by atoms with Gasteiger partial charge in [0, 0.05) is 11.6 Å². The lowest BCUT2D eigenvalue weighted by Crippen LogP contribution is -2.15. The molecular formula is C16H12ClFN3O+. The summed E-state index contributed by atoms with van der Waals surface area (Å²) in [5, 5.41) is 2.89. The van der Waals surface area contributed by atoms with Crippen LogP contribution in [0, 0.1) is 5.82 Å². The molecule has 0 unspecified atom stereocenters. The molecule has 0 radical (unpaired) electrons. The average Bonchev–Trinajstić information content (AvgIpc) is 2.88. The van der Waals surface area contributed by atoms with Crippen molar-refractivity contribution in [2.75, 3.05) is 5.32 Å². The van der Waals surface area contributed by atoms with Crippen molar-refractivity contribution in [3.63, 3.8) is 0 Å². The van der Waals surface area contributed by atoms with E-state index >= 15 is 0 Å². The van der Waals surface area contributed by atoms with Gasteiger partial charge in [-0.2, -0.15) is 0 Å². The van der Waals surface area contributed by atoms with Crippen LogP contribution < -0.4 is 10.3 Å². The van der Waals surface area contributed by atoms with Crippen LogP contribution in [0.4, 0.5) is 10.3 Å². The van der Waals surface area contributed by atoms with Crippen LogP contribution in [0.5, 0.6) is 0 Å². The number of imidazole rings is 1. The maximum atomic E-state index is 13.6. The summed E-state index contributed by atoms with van der Waals surface area (Å²) in [6.07, 6.45) is 2.57. The normalized spacial score (nSPS) is 11.2. The van der Waals surface area contributed by atoms with Crippen LogP contribution in [0.3, 0.4) is 0 Å². The Morgan fingerprint density at radius 1 is 1.23 bits per heavy atom. The first kappa shape index (κ1) is 14.3. The molecule has 6 heteroatoms. The largest absolute Gasteiger partial charge is 0.361 e. The van der Waals surface area contributed by atoms with Gasteiger partial charge in [0.05, 0.1) is 5.02 Å². The molecule has 0 aliphatic heterocycles. The first-order chi connectivity index (χ1) is 10.6. The van der Waals surface area contributed by atoms with Crippen molar-refractivity contribution in [3.05, 3.63) is 64.9 Å². The minimum Gasteiger partial charge on any atom is -0.251 e. The predicted molar refractivity (Wildman–Crippen MR) is 83.9 cm³/mol. The molecule has 0 atom stereocenters. The number of fused-ring (bicyclic) bond motifs is 1. The van der Waals surface area contributed by atoms with Gasteiger partial charge in [-0.15, -0.1) is 0 Å². The molecule has 0 saturated heterocycles. The quantitative estimate of drug-likeness (QED) is 0.715. The van der Waals surface area contributed by atoms with E-state index in [4.69, 9.17) is 11.6 Å². The molecule has 2 aromatic carbocycles. The lowest BCUT2D eigenvalue weighted by Gasteiger charge is -1.98. The second-order valence-corrected chi connectivity index (χ2v) is 5.04. The number of aromatic amines is 2. The Bertz CT molecular complexity index is 819. The SMILES string of the molecule is O=C(C=Cc1c(F)cccc1Cl)Nc1[nH]c2ccccc2[nH+]1. The molecule has 22 heavy (non-hydrogen) atoms. The summed E-state index contributed by atoms with van der Waals surface area (Å²) in [7, 11) is 0. The van der Waals surface area contributed by atoms with E-state index in [-0.39, 0.29) is 10.6 Å². The lowest BCUT2D eigenvalue weighted by molar-refractivity contribution is -0.326. The Kier molecular flexibility index (Phi) is 3.89. The van der Waals surface area contributed by atoms with Gasteiger partial charge >= 0.3 is 11.9 Å². The van der Waals surface area contributed by atoms with Gasteiger partial charge in [-0.1, -0.05) is 29.8 Å². The van der Waals surface area contributed by atoms with Gasteiger partial charge in [0.25, 0.3) is 0 Å². The molecule has 1 heterocycles. The summed E-state index contributed by atoms with van der Waals surface area (Å²) < 4.78 is 13.6. The number of H-pyrrole nitrogens is 2. The molecule has 3 N–H and O–H groups in total. The summed E-state index contributed by atoms with van der Waals surface area (Å²) in [6.45, 7) is 0. The van der Waals surface area contributed by atoms with E-state index in [1.807, 2.05) is 24.3 Å². The number of para-hydroxylation sites is 2. The maximum absolute atomic E-state index is 13.6. The zero-order valence-electron chi connectivity index (χ0n) is 11.4. The van der Waals surface area contributed by atoms with Crippen LogP contribution in [-0.2, 0) is 4.79 Å². The third kappa shape index (κ3) is 2.99. The first-order valence-electron chi connectivity index (χ1n) is 6.56. The number of rotatable bonds is 3. The van der Waals surface area contributed by atoms with Crippen LogP contribution in [0.15, 0.2) is 48.5 Å². The maximum Gasteiger partial charge on any atom is 0.361 e. The number of hydrogen-bond acceptors (Lipinski definition) is 1. The number of carbonyl (C=O) groups is 1. The average molecular weight is 317 g/mol. The van der Waals surface area contributed by atoms with Crippen LogP contribution in [0.25, 0.3) is 17.1 Å². The van der Waals surface area contributed by atoms with Crippen molar-refractivity contribution in [2.24, 2.45) is 0 Å². The predicted octanol–water partition coefficient (Wildman–Crippen LogP) is 3.43. The number of halogens is 2. The fourth-order valence-electron chi connectivity index (χ4n) is 2.06. The van der Waals surface area contributed by atoms with E-state index in [1.165, 1.54) is 24.3 Å². The summed E-state index contributed by atoms with van der Waals surface area (Å²) in [5.41, 5.74) is 1.93. The highest BCUT2D eigenvalue weighted by Gasteiger charge is 2.11. The number of hydrogen-bond donors (Lipinski definition) is 2. The first-order valence-corrected chi connectivity index (χ1v) is 6.94. The summed E-state index contributed by atoms with van der Waals surface area (Å²) >= 11 is 5.89. The standard InChI is InChI=1S/C16H11ClFN3O/c17-11-4-3-5-12(18)10(11)8-9-15(22)21-16-19-13-6-1-2-7-14(13)20-16/h1-9H,(H2,19,20,21,22)/p+1. The van der Waals surface area contributed by atoms with E-state index in [1.54, 1.807) is 6.07 Å².